The van der Waals surface area contributed by atoms with Crippen LogP contribution in [0.3, 0.4) is 0 Å². The van der Waals surface area contributed by atoms with Crippen LogP contribution < -0.4 is 10.6 Å². The number of rotatable bonds is 5. The van der Waals surface area contributed by atoms with Crippen molar-refractivity contribution in [1.82, 2.24) is 5.32 Å². The summed E-state index contributed by atoms with van der Waals surface area (Å²) in [6, 6.07) is 10.4. The lowest BCUT2D eigenvalue weighted by Crippen LogP contribution is -2.15. The van der Waals surface area contributed by atoms with Crippen LogP contribution in [-0.4, -0.2) is 11.9 Å². The van der Waals surface area contributed by atoms with Gasteiger partial charge in [-0.3, -0.25) is 4.79 Å². The molecular formula is C16H18N2O2. The van der Waals surface area contributed by atoms with Crippen LogP contribution in [0.4, 0.5) is 5.69 Å². The minimum atomic E-state index is -0.212. The third-order valence-electron chi connectivity index (χ3n) is 3.45. The van der Waals surface area contributed by atoms with E-state index < -0.39 is 0 Å². The number of benzene rings is 1. The van der Waals surface area contributed by atoms with Crippen LogP contribution in [0.5, 0.6) is 0 Å². The number of furan rings is 1. The van der Waals surface area contributed by atoms with E-state index in [2.05, 4.69) is 10.6 Å². The molecule has 4 heteroatoms. The molecule has 1 fully saturated rings. The lowest BCUT2D eigenvalue weighted by molar-refractivity contribution is 0.0996. The molecule has 1 aliphatic rings. The Kier molecular flexibility index (Phi) is 3.56. The maximum atomic E-state index is 12.0. The van der Waals surface area contributed by atoms with E-state index in [-0.39, 0.29) is 5.91 Å². The second-order valence-electron chi connectivity index (χ2n) is 5.24. The Morgan fingerprint density at radius 3 is 2.60 bits per heavy atom. The molecule has 1 aliphatic carbocycles. The fourth-order valence-corrected chi connectivity index (χ4v) is 2.05. The predicted octanol–water partition coefficient (Wildman–Crippen LogP) is 3.09. The molecule has 0 atom stereocenters. The third kappa shape index (κ3) is 3.08. The van der Waals surface area contributed by atoms with Gasteiger partial charge < -0.3 is 15.1 Å². The molecule has 0 spiro atoms. The van der Waals surface area contributed by atoms with Crippen molar-refractivity contribution in [3.63, 3.8) is 0 Å². The fourth-order valence-electron chi connectivity index (χ4n) is 2.05. The number of hydrogen-bond acceptors (Lipinski definition) is 3. The summed E-state index contributed by atoms with van der Waals surface area (Å²) in [5.41, 5.74) is 2.85. The van der Waals surface area contributed by atoms with Gasteiger partial charge in [0.25, 0.3) is 5.91 Å². The van der Waals surface area contributed by atoms with Gasteiger partial charge in [0.15, 0.2) is 5.76 Å². The molecule has 1 aromatic carbocycles. The van der Waals surface area contributed by atoms with Gasteiger partial charge in [0.05, 0.1) is 6.26 Å². The third-order valence-corrected chi connectivity index (χ3v) is 3.45. The highest BCUT2D eigenvalue weighted by molar-refractivity contribution is 6.03. The number of aryl methyl sites for hydroxylation is 1. The number of nitrogens with one attached hydrogen (secondary N) is 2. The van der Waals surface area contributed by atoms with E-state index >= 15 is 0 Å². The van der Waals surface area contributed by atoms with Gasteiger partial charge in [0.2, 0.25) is 0 Å². The van der Waals surface area contributed by atoms with Crippen molar-refractivity contribution in [2.75, 3.05) is 5.32 Å². The summed E-state index contributed by atoms with van der Waals surface area (Å²) in [4.78, 5) is 12.0. The largest absolute Gasteiger partial charge is 0.459 e. The number of carbonyl (C=O) groups excluding carboxylic acids is 1. The van der Waals surface area contributed by atoms with Crippen LogP contribution in [0.25, 0.3) is 0 Å². The molecule has 1 saturated carbocycles. The van der Waals surface area contributed by atoms with Gasteiger partial charge in [0, 0.05) is 23.8 Å². The molecule has 2 N–H and O–H groups in total. The van der Waals surface area contributed by atoms with Gasteiger partial charge in [-0.15, -0.1) is 0 Å². The Hall–Kier alpha value is -2.07. The highest BCUT2D eigenvalue weighted by Gasteiger charge is 2.19. The van der Waals surface area contributed by atoms with Crippen molar-refractivity contribution in [2.24, 2.45) is 0 Å². The van der Waals surface area contributed by atoms with Crippen molar-refractivity contribution in [3.05, 3.63) is 53.5 Å². The highest BCUT2D eigenvalue weighted by atomic mass is 16.3. The fraction of sp³-hybridized carbons (Fsp3) is 0.312. The molecule has 4 nitrogen and oxygen atoms in total. The molecule has 0 unspecified atom stereocenters. The van der Waals surface area contributed by atoms with Gasteiger partial charge >= 0.3 is 0 Å². The lowest BCUT2D eigenvalue weighted by Gasteiger charge is -2.06. The van der Waals surface area contributed by atoms with Crippen LogP contribution in [0, 0.1) is 6.92 Å². The maximum absolute atomic E-state index is 12.0. The first-order valence-corrected chi connectivity index (χ1v) is 6.90. The zero-order valence-electron chi connectivity index (χ0n) is 11.5. The molecule has 3 rings (SSSR count). The second kappa shape index (κ2) is 5.51. The normalized spacial score (nSPS) is 14.2. The molecule has 2 aromatic rings. The summed E-state index contributed by atoms with van der Waals surface area (Å²) in [6.07, 6.45) is 4.10. The smallest absolute Gasteiger partial charge is 0.291 e. The monoisotopic (exact) mass is 270 g/mol. The van der Waals surface area contributed by atoms with E-state index in [0.717, 1.165) is 17.8 Å². The van der Waals surface area contributed by atoms with Crippen LogP contribution in [0.1, 0.15) is 34.5 Å². The average molecular weight is 270 g/mol. The van der Waals surface area contributed by atoms with Gasteiger partial charge in [-0.05, 0) is 43.5 Å². The molecule has 0 aliphatic heterocycles. The number of anilines is 1. The summed E-state index contributed by atoms with van der Waals surface area (Å²) in [5, 5.41) is 6.30. The standard InChI is InChI=1S/C16H18N2O2/c1-11-8-9-20-15(11)16(19)18-14-4-2-12(3-5-14)10-17-13-6-7-13/h2-5,8-9,13,17H,6-7,10H2,1H3,(H,18,19). The maximum Gasteiger partial charge on any atom is 0.291 e. The second-order valence-corrected chi connectivity index (χ2v) is 5.24. The Balaban J connectivity index is 1.59. The number of hydrogen-bond donors (Lipinski definition) is 2. The molecule has 0 saturated heterocycles. The van der Waals surface area contributed by atoms with Crippen LogP contribution in [0.15, 0.2) is 41.0 Å². The van der Waals surface area contributed by atoms with E-state index in [1.54, 1.807) is 6.07 Å². The quantitative estimate of drug-likeness (QED) is 0.877. The molecule has 1 amide bonds. The van der Waals surface area contributed by atoms with E-state index in [1.807, 2.05) is 31.2 Å². The van der Waals surface area contributed by atoms with Gasteiger partial charge in [-0.25, -0.2) is 0 Å². The molecular weight excluding hydrogens is 252 g/mol. The first-order valence-electron chi connectivity index (χ1n) is 6.90. The average Bonchev–Trinajstić information content (AvgIpc) is 3.18. The highest BCUT2D eigenvalue weighted by Crippen LogP contribution is 2.20. The summed E-state index contributed by atoms with van der Waals surface area (Å²) in [7, 11) is 0. The van der Waals surface area contributed by atoms with Crippen LogP contribution in [0.2, 0.25) is 0 Å². The van der Waals surface area contributed by atoms with Crippen molar-refractivity contribution in [2.45, 2.75) is 32.4 Å². The van der Waals surface area contributed by atoms with Crippen molar-refractivity contribution >= 4 is 11.6 Å². The topological polar surface area (TPSA) is 54.3 Å². The molecule has 0 bridgehead atoms. The zero-order valence-corrected chi connectivity index (χ0v) is 11.5. The van der Waals surface area contributed by atoms with Gasteiger partial charge in [-0.1, -0.05) is 12.1 Å². The lowest BCUT2D eigenvalue weighted by atomic mass is 10.2. The van der Waals surface area contributed by atoms with Gasteiger partial charge in [0.1, 0.15) is 0 Å². The SMILES string of the molecule is Cc1ccoc1C(=O)Nc1ccc(CNC2CC2)cc1. The Bertz CT molecular complexity index is 597. The minimum Gasteiger partial charge on any atom is -0.459 e. The summed E-state index contributed by atoms with van der Waals surface area (Å²) < 4.78 is 5.17. The molecule has 104 valence electrons. The first-order chi connectivity index (χ1) is 9.72. The van der Waals surface area contributed by atoms with E-state index in [1.165, 1.54) is 24.7 Å². The zero-order chi connectivity index (χ0) is 13.9. The summed E-state index contributed by atoms with van der Waals surface area (Å²) in [5.74, 6) is 0.154. The summed E-state index contributed by atoms with van der Waals surface area (Å²) in [6.45, 7) is 2.74. The van der Waals surface area contributed by atoms with E-state index in [0.29, 0.717) is 11.8 Å². The molecule has 1 aromatic heterocycles. The Labute approximate surface area is 118 Å². The van der Waals surface area contributed by atoms with Crippen molar-refractivity contribution < 1.29 is 9.21 Å². The van der Waals surface area contributed by atoms with Crippen LogP contribution in [-0.2, 0) is 6.54 Å². The Morgan fingerprint density at radius 2 is 2.00 bits per heavy atom. The Morgan fingerprint density at radius 1 is 1.25 bits per heavy atom. The van der Waals surface area contributed by atoms with E-state index in [4.69, 9.17) is 4.42 Å². The molecule has 0 radical (unpaired) electrons. The number of carbonyl (C=O) groups is 1. The first kappa shape index (κ1) is 12.9. The molecule has 20 heavy (non-hydrogen) atoms. The van der Waals surface area contributed by atoms with Crippen molar-refractivity contribution in [1.29, 1.82) is 0 Å². The van der Waals surface area contributed by atoms with Crippen molar-refractivity contribution in [3.8, 4) is 0 Å². The number of amides is 1. The minimum absolute atomic E-state index is 0.212. The predicted molar refractivity (Wildman–Crippen MR) is 77.7 cm³/mol. The molecule has 1 heterocycles. The van der Waals surface area contributed by atoms with E-state index in [9.17, 15) is 4.79 Å². The van der Waals surface area contributed by atoms with Crippen LogP contribution >= 0.6 is 0 Å². The summed E-state index contributed by atoms with van der Waals surface area (Å²) >= 11 is 0. The van der Waals surface area contributed by atoms with Gasteiger partial charge in [-0.2, -0.15) is 0 Å².